The van der Waals surface area contributed by atoms with E-state index in [-0.39, 0.29) is 6.61 Å². The molecule has 0 radical (unpaired) electrons. The fourth-order valence-electron chi connectivity index (χ4n) is 2.73. The summed E-state index contributed by atoms with van der Waals surface area (Å²) in [5, 5.41) is 9.08. The SMILES string of the molecule is CCC1CCC(N(CCO)CCOC)CC1. The van der Waals surface area contributed by atoms with Crippen LogP contribution in [0.4, 0.5) is 0 Å². The summed E-state index contributed by atoms with van der Waals surface area (Å²) in [6.07, 6.45) is 6.63. The number of hydrogen-bond acceptors (Lipinski definition) is 3. The van der Waals surface area contributed by atoms with Gasteiger partial charge in [-0.05, 0) is 31.6 Å². The highest BCUT2D eigenvalue weighted by Crippen LogP contribution is 2.29. The smallest absolute Gasteiger partial charge is 0.0589 e. The van der Waals surface area contributed by atoms with Crippen LogP contribution in [0.15, 0.2) is 0 Å². The predicted octanol–water partition coefficient (Wildman–Crippen LogP) is 1.90. The van der Waals surface area contributed by atoms with E-state index in [0.717, 1.165) is 25.6 Å². The number of rotatable bonds is 7. The highest BCUT2D eigenvalue weighted by Gasteiger charge is 2.24. The Hall–Kier alpha value is -0.120. The lowest BCUT2D eigenvalue weighted by Crippen LogP contribution is -2.41. The van der Waals surface area contributed by atoms with Gasteiger partial charge in [-0.15, -0.1) is 0 Å². The van der Waals surface area contributed by atoms with Crippen LogP contribution >= 0.6 is 0 Å². The van der Waals surface area contributed by atoms with Crippen molar-refractivity contribution in [1.82, 2.24) is 4.90 Å². The van der Waals surface area contributed by atoms with Gasteiger partial charge < -0.3 is 9.84 Å². The fraction of sp³-hybridized carbons (Fsp3) is 1.00. The van der Waals surface area contributed by atoms with Crippen LogP contribution in [0, 0.1) is 5.92 Å². The van der Waals surface area contributed by atoms with Crippen LogP contribution in [0.1, 0.15) is 39.0 Å². The molecule has 1 fully saturated rings. The molecule has 0 aromatic heterocycles. The fourth-order valence-corrected chi connectivity index (χ4v) is 2.73. The minimum Gasteiger partial charge on any atom is -0.395 e. The molecule has 16 heavy (non-hydrogen) atoms. The van der Waals surface area contributed by atoms with Gasteiger partial charge in [0.2, 0.25) is 0 Å². The maximum absolute atomic E-state index is 9.08. The van der Waals surface area contributed by atoms with Crippen LogP contribution in [0.25, 0.3) is 0 Å². The molecule has 0 unspecified atom stereocenters. The van der Waals surface area contributed by atoms with Crippen LogP contribution in [0.5, 0.6) is 0 Å². The molecule has 1 rings (SSSR count). The second-order valence-corrected chi connectivity index (χ2v) is 4.84. The Morgan fingerprint density at radius 2 is 1.88 bits per heavy atom. The second-order valence-electron chi connectivity index (χ2n) is 4.84. The lowest BCUT2D eigenvalue weighted by atomic mass is 9.84. The van der Waals surface area contributed by atoms with Gasteiger partial charge in [0, 0.05) is 26.2 Å². The number of ether oxygens (including phenoxy) is 1. The van der Waals surface area contributed by atoms with E-state index >= 15 is 0 Å². The molecule has 0 amide bonds. The van der Waals surface area contributed by atoms with Crippen LogP contribution in [0.2, 0.25) is 0 Å². The first-order valence-corrected chi connectivity index (χ1v) is 6.65. The van der Waals surface area contributed by atoms with E-state index < -0.39 is 0 Å². The van der Waals surface area contributed by atoms with Gasteiger partial charge >= 0.3 is 0 Å². The van der Waals surface area contributed by atoms with Gasteiger partial charge in [-0.1, -0.05) is 13.3 Å². The third-order valence-corrected chi connectivity index (χ3v) is 3.88. The molecule has 0 heterocycles. The van der Waals surface area contributed by atoms with E-state index in [1.807, 2.05) is 0 Å². The molecule has 0 saturated heterocycles. The van der Waals surface area contributed by atoms with E-state index in [1.165, 1.54) is 32.1 Å². The lowest BCUT2D eigenvalue weighted by Gasteiger charge is -2.36. The standard InChI is InChI=1S/C13H27NO2/c1-3-12-4-6-13(7-5-12)14(8-10-15)9-11-16-2/h12-13,15H,3-11H2,1-2H3. The van der Waals surface area contributed by atoms with Gasteiger partial charge in [0.25, 0.3) is 0 Å². The summed E-state index contributed by atoms with van der Waals surface area (Å²) < 4.78 is 5.13. The zero-order valence-corrected chi connectivity index (χ0v) is 10.8. The summed E-state index contributed by atoms with van der Waals surface area (Å²) in [4.78, 5) is 2.40. The molecule has 1 aliphatic carbocycles. The van der Waals surface area contributed by atoms with Gasteiger partial charge in [0.1, 0.15) is 0 Å². The molecule has 0 spiro atoms. The van der Waals surface area contributed by atoms with Crippen LogP contribution in [-0.2, 0) is 4.74 Å². The normalized spacial score (nSPS) is 26.2. The number of aliphatic hydroxyl groups excluding tert-OH is 1. The molecule has 0 bridgehead atoms. The summed E-state index contributed by atoms with van der Waals surface area (Å²) in [5.41, 5.74) is 0. The number of hydrogen-bond donors (Lipinski definition) is 1. The van der Waals surface area contributed by atoms with E-state index in [9.17, 15) is 0 Å². The number of methoxy groups -OCH3 is 1. The quantitative estimate of drug-likeness (QED) is 0.723. The minimum atomic E-state index is 0.261. The highest BCUT2D eigenvalue weighted by molar-refractivity contribution is 4.79. The van der Waals surface area contributed by atoms with Gasteiger partial charge in [0.05, 0.1) is 13.2 Å². The molecule has 1 saturated carbocycles. The summed E-state index contributed by atoms with van der Waals surface area (Å²) >= 11 is 0. The molecule has 1 aliphatic rings. The predicted molar refractivity (Wildman–Crippen MR) is 66.6 cm³/mol. The maximum Gasteiger partial charge on any atom is 0.0589 e. The Morgan fingerprint density at radius 1 is 1.19 bits per heavy atom. The maximum atomic E-state index is 9.08. The minimum absolute atomic E-state index is 0.261. The third-order valence-electron chi connectivity index (χ3n) is 3.88. The first-order valence-electron chi connectivity index (χ1n) is 6.65. The van der Waals surface area contributed by atoms with Gasteiger partial charge in [0.15, 0.2) is 0 Å². The topological polar surface area (TPSA) is 32.7 Å². The Kier molecular flexibility index (Phi) is 7.01. The van der Waals surface area contributed by atoms with Crippen LogP contribution in [-0.4, -0.2) is 49.5 Å². The molecule has 1 N–H and O–H groups in total. The van der Waals surface area contributed by atoms with Crippen molar-refractivity contribution in [3.63, 3.8) is 0 Å². The average Bonchev–Trinajstić information content (AvgIpc) is 2.35. The van der Waals surface area contributed by atoms with Crippen molar-refractivity contribution in [2.45, 2.75) is 45.1 Å². The van der Waals surface area contributed by atoms with Crippen molar-refractivity contribution in [3.05, 3.63) is 0 Å². The van der Waals surface area contributed by atoms with E-state index in [1.54, 1.807) is 7.11 Å². The molecule has 3 heteroatoms. The summed E-state index contributed by atoms with van der Waals surface area (Å²) in [5.74, 6) is 0.939. The van der Waals surface area contributed by atoms with Crippen LogP contribution in [0.3, 0.4) is 0 Å². The van der Waals surface area contributed by atoms with E-state index in [2.05, 4.69) is 11.8 Å². The van der Waals surface area contributed by atoms with Gasteiger partial charge in [-0.3, -0.25) is 4.90 Å². The largest absolute Gasteiger partial charge is 0.395 e. The average molecular weight is 229 g/mol. The monoisotopic (exact) mass is 229 g/mol. The van der Waals surface area contributed by atoms with Gasteiger partial charge in [-0.2, -0.15) is 0 Å². The van der Waals surface area contributed by atoms with Crippen molar-refractivity contribution >= 4 is 0 Å². The highest BCUT2D eigenvalue weighted by atomic mass is 16.5. The summed E-state index contributed by atoms with van der Waals surface area (Å²) in [6.45, 7) is 5.08. The summed E-state index contributed by atoms with van der Waals surface area (Å²) in [6, 6.07) is 0.671. The molecule has 0 aromatic carbocycles. The summed E-state index contributed by atoms with van der Waals surface area (Å²) in [7, 11) is 1.74. The Labute approximate surface area is 99.8 Å². The third kappa shape index (κ3) is 4.40. The molecule has 0 aliphatic heterocycles. The first-order chi connectivity index (χ1) is 7.81. The van der Waals surface area contributed by atoms with Crippen molar-refractivity contribution in [3.8, 4) is 0 Å². The Bertz CT molecular complexity index is 167. The van der Waals surface area contributed by atoms with Crippen molar-refractivity contribution in [1.29, 1.82) is 0 Å². The zero-order valence-electron chi connectivity index (χ0n) is 10.8. The molecule has 3 nitrogen and oxygen atoms in total. The van der Waals surface area contributed by atoms with Gasteiger partial charge in [-0.25, -0.2) is 0 Å². The Morgan fingerprint density at radius 3 is 2.38 bits per heavy atom. The van der Waals surface area contributed by atoms with E-state index in [0.29, 0.717) is 6.04 Å². The van der Waals surface area contributed by atoms with Crippen molar-refractivity contribution in [2.24, 2.45) is 5.92 Å². The van der Waals surface area contributed by atoms with Crippen molar-refractivity contribution < 1.29 is 9.84 Å². The molecule has 0 atom stereocenters. The van der Waals surface area contributed by atoms with E-state index in [4.69, 9.17) is 9.84 Å². The molecular weight excluding hydrogens is 202 g/mol. The van der Waals surface area contributed by atoms with Crippen molar-refractivity contribution in [2.75, 3.05) is 33.4 Å². The Balaban J connectivity index is 2.33. The van der Waals surface area contributed by atoms with Crippen LogP contribution < -0.4 is 0 Å². The first kappa shape index (κ1) is 13.9. The zero-order chi connectivity index (χ0) is 11.8. The second kappa shape index (κ2) is 8.04. The number of aliphatic hydroxyl groups is 1. The molecular formula is C13H27NO2. The molecule has 0 aromatic rings. The lowest BCUT2D eigenvalue weighted by molar-refractivity contribution is 0.0770. The molecule has 96 valence electrons. The number of nitrogens with zero attached hydrogens (tertiary/aromatic N) is 1.